The molecule has 1 unspecified atom stereocenters. The van der Waals surface area contributed by atoms with Crippen LogP contribution >= 0.6 is 24.2 Å². The lowest BCUT2D eigenvalue weighted by atomic mass is 9.90. The lowest BCUT2D eigenvalue weighted by Gasteiger charge is -2.35. The summed E-state index contributed by atoms with van der Waals surface area (Å²) in [4.78, 5) is 30.3. The first-order valence-electron chi connectivity index (χ1n) is 13.6. The summed E-state index contributed by atoms with van der Waals surface area (Å²) in [5.74, 6) is 0.364. The van der Waals surface area contributed by atoms with E-state index in [0.29, 0.717) is 28.2 Å². The fourth-order valence-electron chi connectivity index (χ4n) is 5.87. The maximum absolute atomic E-state index is 13.9. The van der Waals surface area contributed by atoms with Crippen molar-refractivity contribution in [3.05, 3.63) is 75.4 Å². The van der Waals surface area contributed by atoms with E-state index in [2.05, 4.69) is 15.6 Å². The van der Waals surface area contributed by atoms with Crippen molar-refractivity contribution in [2.45, 2.75) is 50.8 Å². The number of ether oxygens (including phenoxy) is 2. The number of hydrogen-bond donors (Lipinski definition) is 3. The van der Waals surface area contributed by atoms with Crippen LogP contribution in [0.5, 0.6) is 11.5 Å². The van der Waals surface area contributed by atoms with Gasteiger partial charge in [-0.1, -0.05) is 6.07 Å². The molecule has 0 spiro atoms. The maximum Gasteiger partial charge on any atom is 0.254 e. The summed E-state index contributed by atoms with van der Waals surface area (Å²) < 4.78 is 18.6. The molecule has 41 heavy (non-hydrogen) atoms. The van der Waals surface area contributed by atoms with Gasteiger partial charge in [0.05, 0.1) is 11.8 Å². The highest BCUT2D eigenvalue weighted by Crippen LogP contribution is 2.49. The molecule has 0 bridgehead atoms. The maximum atomic E-state index is 13.9. The number of fused-ring (bicyclic) bond motifs is 2. The van der Waals surface area contributed by atoms with E-state index < -0.39 is 5.79 Å². The zero-order valence-corrected chi connectivity index (χ0v) is 25.1. The molecule has 8 nitrogen and oxygen atoms in total. The SMILES string of the molecule is CSc1cc(C)[nH]c(=O)c1CNC(=O)c1c(-c2ccc3occc3c2)cc2c(c1C)OC(C)(C1CCNCC1)O2.Cl. The van der Waals surface area contributed by atoms with Crippen molar-refractivity contribution in [1.29, 1.82) is 0 Å². The Hall–Kier alpha value is -3.40. The molecule has 0 aliphatic carbocycles. The van der Waals surface area contributed by atoms with E-state index in [9.17, 15) is 9.59 Å². The monoisotopic (exact) mass is 595 g/mol. The van der Waals surface area contributed by atoms with Gasteiger partial charge in [-0.15, -0.1) is 24.2 Å². The van der Waals surface area contributed by atoms with Crippen LogP contribution in [-0.4, -0.2) is 36.0 Å². The number of aromatic nitrogens is 1. The van der Waals surface area contributed by atoms with Crippen molar-refractivity contribution in [3.8, 4) is 22.6 Å². The molecule has 0 radical (unpaired) electrons. The van der Waals surface area contributed by atoms with Crippen molar-refractivity contribution in [1.82, 2.24) is 15.6 Å². The predicted molar refractivity (Wildman–Crippen MR) is 164 cm³/mol. The number of halogens is 1. The Bertz CT molecular complexity index is 1680. The first kappa shape index (κ1) is 29.1. The third kappa shape index (κ3) is 5.34. The molecule has 1 amide bonds. The number of hydrogen-bond acceptors (Lipinski definition) is 7. The van der Waals surface area contributed by atoms with Gasteiger partial charge in [-0.25, -0.2) is 0 Å². The minimum Gasteiger partial charge on any atom is -0.464 e. The van der Waals surface area contributed by atoms with Gasteiger partial charge in [-0.2, -0.15) is 0 Å². The molecule has 2 aliphatic rings. The molecule has 1 saturated heterocycles. The van der Waals surface area contributed by atoms with Gasteiger partial charge in [0.1, 0.15) is 5.58 Å². The molecule has 10 heteroatoms. The summed E-state index contributed by atoms with van der Waals surface area (Å²) in [5, 5.41) is 7.35. The van der Waals surface area contributed by atoms with Crippen molar-refractivity contribution in [2.24, 2.45) is 5.92 Å². The number of pyridine rings is 1. The van der Waals surface area contributed by atoms with E-state index in [1.165, 1.54) is 11.8 Å². The average molecular weight is 596 g/mol. The molecule has 1 fully saturated rings. The molecule has 4 aromatic rings. The van der Waals surface area contributed by atoms with Gasteiger partial charge in [0.15, 0.2) is 11.5 Å². The van der Waals surface area contributed by atoms with Crippen LogP contribution in [0.2, 0.25) is 0 Å². The Balaban J connectivity index is 0.00000337. The van der Waals surface area contributed by atoms with E-state index in [1.54, 1.807) is 6.26 Å². The molecule has 6 rings (SSSR count). The number of rotatable bonds is 6. The molecular weight excluding hydrogens is 562 g/mol. The van der Waals surface area contributed by atoms with E-state index in [1.807, 2.05) is 63.4 Å². The topological polar surface area (TPSA) is 106 Å². The molecule has 1 atom stereocenters. The standard InChI is InChI=1S/C31H33N3O5S.ClH/c1-17-13-26(40-4)23(29(35)34-17)16-33-30(36)27-18(2)28-25(38-31(3,39-28)21-7-10-32-11-8-21)15-22(27)19-5-6-24-20(14-19)9-12-37-24;/h5-6,9,12-15,21,32H,7-8,10-11,16H2,1-4H3,(H,33,36)(H,34,35);1H. The van der Waals surface area contributed by atoms with E-state index in [0.717, 1.165) is 58.6 Å². The fourth-order valence-corrected chi connectivity index (χ4v) is 6.58. The van der Waals surface area contributed by atoms with Crippen LogP contribution < -0.4 is 25.7 Å². The summed E-state index contributed by atoms with van der Waals surface area (Å²) in [5.41, 5.74) is 4.69. The number of aromatic amines is 1. The minimum absolute atomic E-state index is 0. The number of benzene rings is 2. The highest BCUT2D eigenvalue weighted by Gasteiger charge is 2.46. The number of thioether (sulfide) groups is 1. The highest BCUT2D eigenvalue weighted by atomic mass is 35.5. The normalized spacial score (nSPS) is 18.3. The predicted octanol–water partition coefficient (Wildman–Crippen LogP) is 5.97. The van der Waals surface area contributed by atoms with Crippen LogP contribution in [0.1, 0.15) is 46.9 Å². The number of nitrogens with one attached hydrogen (secondary N) is 3. The molecular formula is C31H34ClN3O5S. The number of aryl methyl sites for hydroxylation is 1. The molecule has 216 valence electrons. The molecule has 2 aliphatic heterocycles. The fraction of sp³-hybridized carbons (Fsp3) is 0.355. The molecule has 2 aromatic heterocycles. The Morgan fingerprint density at radius 3 is 2.66 bits per heavy atom. The highest BCUT2D eigenvalue weighted by molar-refractivity contribution is 7.98. The van der Waals surface area contributed by atoms with Crippen molar-refractivity contribution in [2.75, 3.05) is 19.3 Å². The second-order valence-corrected chi connectivity index (χ2v) is 11.5. The lowest BCUT2D eigenvalue weighted by Crippen LogP contribution is -2.47. The van der Waals surface area contributed by atoms with E-state index in [4.69, 9.17) is 13.9 Å². The second kappa shape index (κ2) is 11.5. The first-order chi connectivity index (χ1) is 19.3. The Morgan fingerprint density at radius 1 is 1.12 bits per heavy atom. The first-order valence-corrected chi connectivity index (χ1v) is 14.8. The molecule has 0 saturated carbocycles. The molecule has 3 N–H and O–H groups in total. The van der Waals surface area contributed by atoms with Crippen LogP contribution in [0.3, 0.4) is 0 Å². The number of H-pyrrole nitrogens is 1. The number of furan rings is 1. The number of carbonyl (C=O) groups is 1. The number of carbonyl (C=O) groups excluding carboxylic acids is 1. The van der Waals surface area contributed by atoms with Crippen LogP contribution in [0, 0.1) is 19.8 Å². The Kier molecular flexibility index (Phi) is 8.14. The quantitative estimate of drug-likeness (QED) is 0.236. The van der Waals surface area contributed by atoms with Gasteiger partial charge in [0.25, 0.3) is 17.3 Å². The molecule has 2 aromatic carbocycles. The van der Waals surface area contributed by atoms with Crippen LogP contribution in [0.25, 0.3) is 22.1 Å². The summed E-state index contributed by atoms with van der Waals surface area (Å²) >= 11 is 1.48. The Morgan fingerprint density at radius 2 is 1.90 bits per heavy atom. The van der Waals surface area contributed by atoms with Crippen LogP contribution in [-0.2, 0) is 6.54 Å². The van der Waals surface area contributed by atoms with E-state index >= 15 is 0 Å². The van der Waals surface area contributed by atoms with Crippen molar-refractivity contribution in [3.63, 3.8) is 0 Å². The smallest absolute Gasteiger partial charge is 0.254 e. The van der Waals surface area contributed by atoms with Gasteiger partial charge in [-0.05, 0) is 87.5 Å². The average Bonchev–Trinajstić information content (AvgIpc) is 3.56. The second-order valence-electron chi connectivity index (χ2n) is 10.7. The third-order valence-corrected chi connectivity index (χ3v) is 8.85. The lowest BCUT2D eigenvalue weighted by molar-refractivity contribution is -0.118. The summed E-state index contributed by atoms with van der Waals surface area (Å²) in [6.45, 7) is 7.68. The van der Waals surface area contributed by atoms with Gasteiger partial charge < -0.3 is 29.5 Å². The van der Waals surface area contributed by atoms with Crippen molar-refractivity contribution >= 4 is 41.0 Å². The summed E-state index contributed by atoms with van der Waals surface area (Å²) in [6.07, 6.45) is 5.47. The van der Waals surface area contributed by atoms with Gasteiger partial charge in [0, 0.05) is 46.5 Å². The van der Waals surface area contributed by atoms with E-state index in [-0.39, 0.29) is 36.3 Å². The number of amides is 1. The zero-order chi connectivity index (χ0) is 28.0. The van der Waals surface area contributed by atoms with Gasteiger partial charge in [-0.3, -0.25) is 9.59 Å². The van der Waals surface area contributed by atoms with Gasteiger partial charge in [0.2, 0.25) is 0 Å². The van der Waals surface area contributed by atoms with Crippen molar-refractivity contribution < 1.29 is 18.7 Å². The van der Waals surface area contributed by atoms with Crippen LogP contribution in [0.4, 0.5) is 0 Å². The van der Waals surface area contributed by atoms with Gasteiger partial charge >= 0.3 is 0 Å². The largest absolute Gasteiger partial charge is 0.464 e. The summed E-state index contributed by atoms with van der Waals surface area (Å²) in [6, 6.07) is 11.6. The Labute approximate surface area is 249 Å². The third-order valence-electron chi connectivity index (χ3n) is 8.05. The molecule has 4 heterocycles. The number of piperidine rings is 1. The van der Waals surface area contributed by atoms with Crippen LogP contribution in [0.15, 0.2) is 56.8 Å². The summed E-state index contributed by atoms with van der Waals surface area (Å²) in [7, 11) is 0. The zero-order valence-electron chi connectivity index (χ0n) is 23.5. The minimum atomic E-state index is -0.807.